The summed E-state index contributed by atoms with van der Waals surface area (Å²) >= 11 is 0. The number of aldehydes is 1. The van der Waals surface area contributed by atoms with Gasteiger partial charge in [0.1, 0.15) is 0 Å². The van der Waals surface area contributed by atoms with Crippen molar-refractivity contribution in [3.63, 3.8) is 0 Å². The summed E-state index contributed by atoms with van der Waals surface area (Å²) in [7, 11) is 0. The molecule has 0 atom stereocenters. The fraction of sp³-hybridized carbons (Fsp3) is 0. The molecule has 0 aliphatic heterocycles. The maximum absolute atomic E-state index is 10.5. The van der Waals surface area contributed by atoms with Gasteiger partial charge >= 0.3 is 0 Å². The van der Waals surface area contributed by atoms with E-state index in [1.54, 1.807) is 6.07 Å². The van der Waals surface area contributed by atoms with Gasteiger partial charge in [-0.05, 0) is 0 Å². The molecule has 7 heteroatoms. The van der Waals surface area contributed by atoms with Crippen LogP contribution in [0.25, 0.3) is 11.4 Å². The number of hydrogen-bond acceptors (Lipinski definition) is 6. The Morgan fingerprint density at radius 1 is 1.44 bits per heavy atom. The Labute approximate surface area is 88.9 Å². The van der Waals surface area contributed by atoms with E-state index < -0.39 is 4.92 Å². The number of hydrogen-bond donors (Lipinski definition) is 0. The third kappa shape index (κ3) is 1.78. The Kier molecular flexibility index (Phi) is 2.42. The molecule has 0 fully saturated rings. The predicted octanol–water partition coefficient (Wildman–Crippen LogP) is 1.46. The van der Waals surface area contributed by atoms with E-state index in [0.717, 1.165) is 0 Å². The minimum absolute atomic E-state index is 0.0741. The zero-order valence-corrected chi connectivity index (χ0v) is 7.86. The molecular formula is C9H5N3O4. The molecule has 1 aromatic carbocycles. The van der Waals surface area contributed by atoms with Crippen molar-refractivity contribution in [2.75, 3.05) is 0 Å². The van der Waals surface area contributed by atoms with Gasteiger partial charge in [0.2, 0.25) is 12.1 Å². The molecule has 0 bridgehead atoms. The number of benzene rings is 1. The lowest BCUT2D eigenvalue weighted by Crippen LogP contribution is -1.89. The SMILES string of the molecule is O=Cc1nc(-c2cccc([N+](=O)[O-])c2)no1. The van der Waals surface area contributed by atoms with Crippen molar-refractivity contribution in [2.45, 2.75) is 0 Å². The van der Waals surface area contributed by atoms with Gasteiger partial charge in [0.05, 0.1) is 4.92 Å². The quantitative estimate of drug-likeness (QED) is 0.440. The minimum atomic E-state index is -0.524. The first kappa shape index (κ1) is 9.97. The fourth-order valence-corrected chi connectivity index (χ4v) is 1.16. The van der Waals surface area contributed by atoms with Crippen LogP contribution in [0, 0.1) is 10.1 Å². The Hall–Kier alpha value is -2.57. The van der Waals surface area contributed by atoms with E-state index in [2.05, 4.69) is 14.7 Å². The predicted molar refractivity (Wildman–Crippen MR) is 51.8 cm³/mol. The van der Waals surface area contributed by atoms with E-state index in [-0.39, 0.29) is 17.4 Å². The second-order valence-electron chi connectivity index (χ2n) is 2.88. The van der Waals surface area contributed by atoms with E-state index in [0.29, 0.717) is 11.8 Å². The van der Waals surface area contributed by atoms with Crippen molar-refractivity contribution in [1.82, 2.24) is 10.1 Å². The first-order valence-corrected chi connectivity index (χ1v) is 4.24. The van der Waals surface area contributed by atoms with E-state index >= 15 is 0 Å². The molecule has 80 valence electrons. The lowest BCUT2D eigenvalue weighted by molar-refractivity contribution is -0.384. The van der Waals surface area contributed by atoms with Crippen LogP contribution in [0.1, 0.15) is 10.7 Å². The second kappa shape index (κ2) is 3.89. The van der Waals surface area contributed by atoms with Gasteiger partial charge in [0, 0.05) is 17.7 Å². The summed E-state index contributed by atoms with van der Waals surface area (Å²) in [5, 5.41) is 14.0. The zero-order valence-electron chi connectivity index (χ0n) is 7.86. The van der Waals surface area contributed by atoms with Gasteiger partial charge in [-0.25, -0.2) is 0 Å². The Morgan fingerprint density at radius 2 is 2.25 bits per heavy atom. The minimum Gasteiger partial charge on any atom is -0.331 e. The van der Waals surface area contributed by atoms with Crippen LogP contribution in [0.3, 0.4) is 0 Å². The van der Waals surface area contributed by atoms with Crippen LogP contribution in [0.4, 0.5) is 5.69 Å². The molecule has 0 aliphatic rings. The molecule has 16 heavy (non-hydrogen) atoms. The molecule has 1 aromatic heterocycles. The Morgan fingerprint density at radius 3 is 2.88 bits per heavy atom. The highest BCUT2D eigenvalue weighted by atomic mass is 16.6. The third-order valence-electron chi connectivity index (χ3n) is 1.86. The molecule has 0 radical (unpaired) electrons. The lowest BCUT2D eigenvalue weighted by atomic mass is 10.2. The van der Waals surface area contributed by atoms with Crippen molar-refractivity contribution in [2.24, 2.45) is 0 Å². The molecule has 7 nitrogen and oxygen atoms in total. The molecule has 0 amide bonds. The molecule has 0 unspecified atom stereocenters. The van der Waals surface area contributed by atoms with Gasteiger partial charge in [-0.3, -0.25) is 14.9 Å². The van der Waals surface area contributed by atoms with Crippen LogP contribution in [0.15, 0.2) is 28.8 Å². The van der Waals surface area contributed by atoms with Gasteiger partial charge in [0.15, 0.2) is 0 Å². The standard InChI is InChI=1S/C9H5N3O4/c13-5-8-10-9(11-16-8)6-2-1-3-7(4-6)12(14)15/h1-5H. The van der Waals surface area contributed by atoms with Gasteiger partial charge in [-0.15, -0.1) is 0 Å². The summed E-state index contributed by atoms with van der Waals surface area (Å²) in [6.45, 7) is 0. The highest BCUT2D eigenvalue weighted by Gasteiger charge is 2.11. The molecule has 1 heterocycles. The number of nitro groups is 1. The number of non-ortho nitro benzene ring substituents is 1. The fourth-order valence-electron chi connectivity index (χ4n) is 1.16. The third-order valence-corrected chi connectivity index (χ3v) is 1.86. The maximum atomic E-state index is 10.5. The highest BCUT2D eigenvalue weighted by molar-refractivity contribution is 5.69. The first-order valence-electron chi connectivity index (χ1n) is 4.24. The van der Waals surface area contributed by atoms with Gasteiger partial charge < -0.3 is 4.52 Å². The smallest absolute Gasteiger partial charge is 0.291 e. The number of carbonyl (C=O) groups excluding carboxylic acids is 1. The average Bonchev–Trinajstić information content (AvgIpc) is 2.77. The molecular weight excluding hydrogens is 214 g/mol. The molecule has 0 aliphatic carbocycles. The Balaban J connectivity index is 2.43. The average molecular weight is 219 g/mol. The monoisotopic (exact) mass is 219 g/mol. The van der Waals surface area contributed by atoms with E-state index in [4.69, 9.17) is 0 Å². The van der Waals surface area contributed by atoms with E-state index in [1.807, 2.05) is 0 Å². The normalized spacial score (nSPS) is 10.0. The van der Waals surface area contributed by atoms with Crippen LogP contribution in [0.5, 0.6) is 0 Å². The van der Waals surface area contributed by atoms with Crippen LogP contribution in [-0.4, -0.2) is 21.4 Å². The number of nitrogens with zero attached hydrogens (tertiary/aromatic N) is 3. The highest BCUT2D eigenvalue weighted by Crippen LogP contribution is 2.20. The molecule has 2 rings (SSSR count). The molecule has 0 saturated heterocycles. The summed E-state index contributed by atoms with van der Waals surface area (Å²) < 4.78 is 4.57. The second-order valence-corrected chi connectivity index (χ2v) is 2.88. The summed E-state index contributed by atoms with van der Waals surface area (Å²) in [5.74, 6) is -0.0210. The van der Waals surface area contributed by atoms with Crippen LogP contribution in [-0.2, 0) is 0 Å². The van der Waals surface area contributed by atoms with Crippen LogP contribution >= 0.6 is 0 Å². The van der Waals surface area contributed by atoms with Gasteiger partial charge in [0.25, 0.3) is 11.6 Å². The van der Waals surface area contributed by atoms with Gasteiger partial charge in [-0.1, -0.05) is 17.3 Å². The number of rotatable bonds is 3. The van der Waals surface area contributed by atoms with E-state index in [9.17, 15) is 14.9 Å². The van der Waals surface area contributed by atoms with Gasteiger partial charge in [-0.2, -0.15) is 4.98 Å². The zero-order chi connectivity index (χ0) is 11.5. The van der Waals surface area contributed by atoms with E-state index in [1.165, 1.54) is 18.2 Å². The van der Waals surface area contributed by atoms with Crippen LogP contribution in [0.2, 0.25) is 0 Å². The topological polar surface area (TPSA) is 99.1 Å². The molecule has 0 spiro atoms. The largest absolute Gasteiger partial charge is 0.331 e. The van der Waals surface area contributed by atoms with Crippen molar-refractivity contribution in [3.8, 4) is 11.4 Å². The molecule has 2 aromatic rings. The van der Waals surface area contributed by atoms with Crippen molar-refractivity contribution in [1.29, 1.82) is 0 Å². The summed E-state index contributed by atoms with van der Waals surface area (Å²) in [4.78, 5) is 24.1. The summed E-state index contributed by atoms with van der Waals surface area (Å²) in [6, 6.07) is 5.75. The number of carbonyl (C=O) groups is 1. The molecule has 0 saturated carbocycles. The number of aromatic nitrogens is 2. The maximum Gasteiger partial charge on any atom is 0.291 e. The summed E-state index contributed by atoms with van der Waals surface area (Å²) in [6.07, 6.45) is 0.411. The van der Waals surface area contributed by atoms with Crippen molar-refractivity contribution < 1.29 is 14.2 Å². The summed E-state index contributed by atoms with van der Waals surface area (Å²) in [5.41, 5.74) is 0.348. The number of nitro benzene ring substituents is 1. The molecule has 0 N–H and O–H groups in total. The Bertz CT molecular complexity index is 549. The van der Waals surface area contributed by atoms with Crippen LogP contribution < -0.4 is 0 Å². The van der Waals surface area contributed by atoms with Crippen molar-refractivity contribution >= 4 is 12.0 Å². The van der Waals surface area contributed by atoms with Crippen molar-refractivity contribution in [3.05, 3.63) is 40.3 Å². The first-order chi connectivity index (χ1) is 7.70. The lowest BCUT2D eigenvalue weighted by Gasteiger charge is -1.93.